The van der Waals surface area contributed by atoms with Crippen molar-refractivity contribution in [3.05, 3.63) is 77.4 Å². The normalized spacial score (nSPS) is 11.5. The van der Waals surface area contributed by atoms with E-state index >= 15 is 0 Å². The number of rotatable bonds is 8. The molecular weight excluding hydrogens is 398 g/mol. The summed E-state index contributed by atoms with van der Waals surface area (Å²) < 4.78 is 32.6. The highest BCUT2D eigenvalue weighted by atomic mass is 19.3. The molecule has 1 aromatic heterocycles. The fraction of sp³-hybridized carbons (Fsp3) is 0.240. The zero-order valence-electron chi connectivity index (χ0n) is 17.2. The number of para-hydroxylation sites is 1. The number of carbonyl (C=O) groups is 1. The summed E-state index contributed by atoms with van der Waals surface area (Å²) >= 11 is 0. The molecule has 1 heterocycles. The van der Waals surface area contributed by atoms with E-state index in [-0.39, 0.29) is 5.75 Å². The first-order valence-electron chi connectivity index (χ1n) is 10.3. The highest BCUT2D eigenvalue weighted by Gasteiger charge is 2.18. The van der Waals surface area contributed by atoms with Crippen molar-refractivity contribution in [2.45, 2.75) is 39.3 Å². The summed E-state index contributed by atoms with van der Waals surface area (Å²) in [6, 6.07) is 19.5. The van der Waals surface area contributed by atoms with Gasteiger partial charge in [-0.25, -0.2) is 0 Å². The summed E-state index contributed by atoms with van der Waals surface area (Å²) in [6.45, 7) is -0.469. The average molecular weight is 421 g/mol. The molecule has 0 aliphatic rings. The number of aromatic nitrogens is 1. The number of unbranched alkanes of at least 4 members (excludes halogenated alkanes) is 1. The number of hydrogen-bond acceptors (Lipinski definition) is 2. The van der Waals surface area contributed by atoms with E-state index in [1.807, 2.05) is 16.7 Å². The third-order valence-corrected chi connectivity index (χ3v) is 5.46. The predicted octanol–water partition coefficient (Wildman–Crippen LogP) is 5.69. The van der Waals surface area contributed by atoms with Gasteiger partial charge in [-0.15, -0.1) is 0 Å². The van der Waals surface area contributed by atoms with E-state index in [0.29, 0.717) is 17.7 Å². The molecule has 0 atom stereocenters. The molecule has 159 valence electrons. The van der Waals surface area contributed by atoms with Gasteiger partial charge in [-0.1, -0.05) is 43.7 Å². The fourth-order valence-corrected chi connectivity index (χ4v) is 4.02. The van der Waals surface area contributed by atoms with Gasteiger partial charge < -0.3 is 15.0 Å². The van der Waals surface area contributed by atoms with Gasteiger partial charge in [0.1, 0.15) is 5.75 Å². The minimum Gasteiger partial charge on any atom is -0.434 e. The Hall–Kier alpha value is -3.41. The molecular formula is C25H23F2N2O2. The molecule has 0 fully saturated rings. The number of benzene rings is 3. The summed E-state index contributed by atoms with van der Waals surface area (Å²) in [7, 11) is 0. The van der Waals surface area contributed by atoms with Gasteiger partial charge in [-0.05, 0) is 48.7 Å². The summed E-state index contributed by atoms with van der Waals surface area (Å²) in [5.74, 6) is -0.390. The third-order valence-electron chi connectivity index (χ3n) is 5.46. The van der Waals surface area contributed by atoms with Gasteiger partial charge in [-0.2, -0.15) is 8.78 Å². The summed E-state index contributed by atoms with van der Waals surface area (Å²) in [4.78, 5) is 12.1. The van der Waals surface area contributed by atoms with E-state index < -0.39 is 12.5 Å². The Bertz CT molecular complexity index is 1250. The highest BCUT2D eigenvalue weighted by molar-refractivity contribution is 6.17. The summed E-state index contributed by atoms with van der Waals surface area (Å²) in [6.07, 6.45) is 3.04. The molecule has 4 rings (SSSR count). The molecule has 0 saturated carbocycles. The monoisotopic (exact) mass is 421 g/mol. The topological polar surface area (TPSA) is 57.2 Å². The second-order valence-corrected chi connectivity index (χ2v) is 7.51. The predicted molar refractivity (Wildman–Crippen MR) is 118 cm³/mol. The van der Waals surface area contributed by atoms with Crippen LogP contribution in [0.1, 0.15) is 41.3 Å². The number of primary amides is 1. The lowest BCUT2D eigenvalue weighted by Gasteiger charge is -2.13. The fourth-order valence-electron chi connectivity index (χ4n) is 4.02. The molecule has 4 nitrogen and oxygen atoms in total. The van der Waals surface area contributed by atoms with Crippen molar-refractivity contribution in [3.8, 4) is 5.75 Å². The number of ether oxygens (including phenoxy) is 1. The number of nitrogens with two attached hydrogens (primary N) is 1. The van der Waals surface area contributed by atoms with Crippen molar-refractivity contribution in [2.75, 3.05) is 0 Å². The number of nitrogens with zero attached hydrogens (tertiary/aromatic N) is 1. The lowest BCUT2D eigenvalue weighted by Crippen LogP contribution is -2.11. The van der Waals surface area contributed by atoms with Crippen LogP contribution in [0, 0.1) is 6.07 Å². The van der Waals surface area contributed by atoms with E-state index in [1.165, 1.54) is 6.07 Å². The first-order valence-corrected chi connectivity index (χ1v) is 10.3. The average Bonchev–Trinajstić information content (AvgIpc) is 3.06. The van der Waals surface area contributed by atoms with Gasteiger partial charge in [0, 0.05) is 21.9 Å². The Morgan fingerprint density at radius 3 is 2.71 bits per heavy atom. The van der Waals surface area contributed by atoms with Crippen molar-refractivity contribution in [1.82, 2.24) is 4.57 Å². The standard InChI is InChI=1S/C25H23F2N2O2/c1-2-3-7-16-12-13-18-21(14-16)29(20-10-6-9-19(23(18)20)24(28)30)15-17-8-4-5-11-22(17)31-25(26)27/h4-6,8-12,14,25H,2-3,7,15H2,1H3,(H2,28,30). The largest absolute Gasteiger partial charge is 0.434 e. The molecule has 0 spiro atoms. The smallest absolute Gasteiger partial charge is 0.387 e. The summed E-state index contributed by atoms with van der Waals surface area (Å²) in [5, 5.41) is 1.51. The second kappa shape index (κ2) is 8.76. The van der Waals surface area contributed by atoms with Crippen LogP contribution in [0.5, 0.6) is 5.75 Å². The first-order chi connectivity index (χ1) is 15.0. The van der Waals surface area contributed by atoms with Gasteiger partial charge in [-0.3, -0.25) is 4.79 Å². The maximum atomic E-state index is 12.9. The second-order valence-electron chi connectivity index (χ2n) is 7.51. The molecule has 31 heavy (non-hydrogen) atoms. The quantitative estimate of drug-likeness (QED) is 0.398. The number of hydrogen-bond donors (Lipinski definition) is 1. The third kappa shape index (κ3) is 4.10. The van der Waals surface area contributed by atoms with Gasteiger partial charge >= 0.3 is 6.61 Å². The van der Waals surface area contributed by atoms with Crippen LogP contribution < -0.4 is 10.5 Å². The minimum atomic E-state index is -2.91. The van der Waals surface area contributed by atoms with Crippen LogP contribution in [0.2, 0.25) is 0 Å². The van der Waals surface area contributed by atoms with Crippen LogP contribution in [0.25, 0.3) is 21.8 Å². The van der Waals surface area contributed by atoms with Gasteiger partial charge in [0.15, 0.2) is 0 Å². The zero-order valence-corrected chi connectivity index (χ0v) is 17.2. The minimum absolute atomic E-state index is 0.129. The SMILES string of the molecule is CCCCc1c[c]c2c3c(C(N)=O)cccc3n(Cc3ccccc3OC(F)F)c2c1. The van der Waals surface area contributed by atoms with Crippen molar-refractivity contribution in [1.29, 1.82) is 0 Å². The van der Waals surface area contributed by atoms with E-state index in [2.05, 4.69) is 19.1 Å². The lowest BCUT2D eigenvalue weighted by molar-refractivity contribution is -0.0504. The Morgan fingerprint density at radius 1 is 1.16 bits per heavy atom. The van der Waals surface area contributed by atoms with E-state index in [1.54, 1.807) is 30.3 Å². The number of amides is 1. The molecule has 0 saturated heterocycles. The van der Waals surface area contributed by atoms with E-state index in [9.17, 15) is 13.6 Å². The molecule has 6 heteroatoms. The van der Waals surface area contributed by atoms with Crippen LogP contribution in [0.15, 0.2) is 54.6 Å². The van der Waals surface area contributed by atoms with Gasteiger partial charge in [0.25, 0.3) is 0 Å². The van der Waals surface area contributed by atoms with Gasteiger partial charge in [0.2, 0.25) is 5.91 Å². The molecule has 3 aromatic carbocycles. The maximum absolute atomic E-state index is 12.9. The van der Waals surface area contributed by atoms with Crippen LogP contribution in [-0.4, -0.2) is 17.1 Å². The number of aryl methyl sites for hydroxylation is 1. The zero-order chi connectivity index (χ0) is 22.0. The molecule has 2 N–H and O–H groups in total. The number of carbonyl (C=O) groups excluding carboxylic acids is 1. The van der Waals surface area contributed by atoms with Crippen molar-refractivity contribution in [2.24, 2.45) is 5.73 Å². The van der Waals surface area contributed by atoms with Crippen LogP contribution in [0.3, 0.4) is 0 Å². The van der Waals surface area contributed by atoms with E-state index in [4.69, 9.17) is 10.5 Å². The Balaban J connectivity index is 1.94. The Morgan fingerprint density at radius 2 is 1.97 bits per heavy atom. The highest BCUT2D eigenvalue weighted by Crippen LogP contribution is 2.34. The van der Waals surface area contributed by atoms with E-state index in [0.717, 1.165) is 46.6 Å². The summed E-state index contributed by atoms with van der Waals surface area (Å²) in [5.41, 5.74) is 9.48. The maximum Gasteiger partial charge on any atom is 0.387 e. The molecule has 1 amide bonds. The van der Waals surface area contributed by atoms with Crippen molar-refractivity contribution in [3.63, 3.8) is 0 Å². The molecule has 0 aliphatic carbocycles. The van der Waals surface area contributed by atoms with Crippen LogP contribution >= 0.6 is 0 Å². The Labute approximate surface area is 179 Å². The lowest BCUT2D eigenvalue weighted by atomic mass is 10.0. The number of fused-ring (bicyclic) bond motifs is 3. The number of halogens is 2. The Kier molecular flexibility index (Phi) is 5.89. The molecule has 1 radical (unpaired) electrons. The first kappa shape index (κ1) is 20.8. The molecule has 0 aliphatic heterocycles. The van der Waals surface area contributed by atoms with Crippen molar-refractivity contribution >= 4 is 27.7 Å². The molecule has 0 bridgehead atoms. The molecule has 4 aromatic rings. The van der Waals surface area contributed by atoms with Crippen LogP contribution in [-0.2, 0) is 13.0 Å². The van der Waals surface area contributed by atoms with Crippen molar-refractivity contribution < 1.29 is 18.3 Å². The number of alkyl halides is 2. The molecule has 0 unspecified atom stereocenters. The van der Waals surface area contributed by atoms with Gasteiger partial charge in [0.05, 0.1) is 17.6 Å². The van der Waals surface area contributed by atoms with Crippen LogP contribution in [0.4, 0.5) is 8.78 Å².